The molecular weight excluding hydrogens is 292 g/mol. The molecule has 0 aliphatic rings. The Labute approximate surface area is 124 Å². The van der Waals surface area contributed by atoms with Gasteiger partial charge in [0.2, 0.25) is 0 Å². The van der Waals surface area contributed by atoms with Crippen molar-refractivity contribution in [2.24, 2.45) is 0 Å². The van der Waals surface area contributed by atoms with E-state index in [0.717, 1.165) is 4.31 Å². The number of carboxylic acids is 1. The normalized spacial score (nSPS) is 12.4. The Kier molecular flexibility index (Phi) is 6.18. The fourth-order valence-corrected chi connectivity index (χ4v) is 3.55. The number of benzene rings is 1. The van der Waals surface area contributed by atoms with Crippen LogP contribution in [0.25, 0.3) is 0 Å². The Balaban J connectivity index is 3.08. The first-order valence-electron chi connectivity index (χ1n) is 6.61. The van der Waals surface area contributed by atoms with Crippen LogP contribution in [-0.2, 0) is 14.8 Å². The number of sulfonamides is 1. The lowest BCUT2D eigenvalue weighted by molar-refractivity contribution is -0.137. The van der Waals surface area contributed by atoms with E-state index in [0.29, 0.717) is 5.69 Å². The van der Waals surface area contributed by atoms with Crippen LogP contribution in [-0.4, -0.2) is 31.3 Å². The van der Waals surface area contributed by atoms with E-state index >= 15 is 0 Å². The molecule has 0 radical (unpaired) electrons. The van der Waals surface area contributed by atoms with E-state index in [-0.39, 0.29) is 25.8 Å². The van der Waals surface area contributed by atoms with E-state index in [9.17, 15) is 13.2 Å². The maximum atomic E-state index is 12.5. The van der Waals surface area contributed by atoms with Gasteiger partial charge in [-0.2, -0.15) is 5.26 Å². The van der Waals surface area contributed by atoms with Crippen molar-refractivity contribution in [3.05, 3.63) is 30.3 Å². The zero-order chi connectivity index (χ0) is 15.9. The van der Waals surface area contributed by atoms with Gasteiger partial charge in [-0.1, -0.05) is 25.1 Å². The summed E-state index contributed by atoms with van der Waals surface area (Å²) in [5.74, 6) is -0.979. The molecule has 0 aliphatic heterocycles. The lowest BCUT2D eigenvalue weighted by Crippen LogP contribution is -2.39. The van der Waals surface area contributed by atoms with Gasteiger partial charge in [-0.05, 0) is 25.0 Å². The molecule has 0 amide bonds. The predicted octanol–water partition coefficient (Wildman–Crippen LogP) is 1.99. The summed E-state index contributed by atoms with van der Waals surface area (Å²) in [5.41, 5.74) is 0.441. The van der Waals surface area contributed by atoms with Crippen LogP contribution < -0.4 is 4.31 Å². The fraction of sp³-hybridized carbons (Fsp3) is 0.429. The van der Waals surface area contributed by atoms with Crippen LogP contribution >= 0.6 is 0 Å². The molecule has 0 aliphatic carbocycles. The van der Waals surface area contributed by atoms with Crippen LogP contribution in [0.15, 0.2) is 30.3 Å². The smallest absolute Gasteiger partial charge is 0.303 e. The third-order valence-corrected chi connectivity index (χ3v) is 5.14. The zero-order valence-corrected chi connectivity index (χ0v) is 12.6. The van der Waals surface area contributed by atoms with Crippen molar-refractivity contribution in [3.8, 4) is 6.07 Å². The number of para-hydroxylation sites is 1. The minimum absolute atomic E-state index is 0.0385. The summed E-state index contributed by atoms with van der Waals surface area (Å²) in [7, 11) is -3.83. The quantitative estimate of drug-likeness (QED) is 0.791. The number of hydrogen-bond acceptors (Lipinski definition) is 4. The molecule has 1 rings (SSSR count). The minimum Gasteiger partial charge on any atom is -0.481 e. The summed E-state index contributed by atoms with van der Waals surface area (Å²) in [6.45, 7) is 1.67. The average Bonchev–Trinajstić information content (AvgIpc) is 2.45. The van der Waals surface area contributed by atoms with Gasteiger partial charge in [0, 0.05) is 13.0 Å². The number of hydrogen-bond donors (Lipinski definition) is 1. The van der Waals surface area contributed by atoms with Crippen LogP contribution in [0.3, 0.4) is 0 Å². The molecular formula is C14H18N2O4S. The van der Waals surface area contributed by atoms with Crippen molar-refractivity contribution < 1.29 is 18.3 Å². The zero-order valence-electron chi connectivity index (χ0n) is 11.8. The SMILES string of the molecule is CCC(C#N)S(=O)(=O)N(CCCC(=O)O)c1ccccc1. The topological polar surface area (TPSA) is 98.5 Å². The number of carboxylic acid groups (broad SMARTS) is 1. The van der Waals surface area contributed by atoms with Crippen molar-refractivity contribution in [2.75, 3.05) is 10.8 Å². The lowest BCUT2D eigenvalue weighted by Gasteiger charge is -2.26. The van der Waals surface area contributed by atoms with Crippen LogP contribution in [0.4, 0.5) is 5.69 Å². The van der Waals surface area contributed by atoms with Crippen molar-refractivity contribution in [1.82, 2.24) is 0 Å². The summed E-state index contributed by atoms with van der Waals surface area (Å²) in [6, 6.07) is 10.2. The third-order valence-electron chi connectivity index (χ3n) is 2.98. The second-order valence-corrected chi connectivity index (χ2v) is 6.52. The van der Waals surface area contributed by atoms with E-state index in [1.165, 1.54) is 0 Å². The van der Waals surface area contributed by atoms with E-state index < -0.39 is 21.2 Å². The molecule has 0 saturated heterocycles. The van der Waals surface area contributed by atoms with Crippen LogP contribution in [0.1, 0.15) is 26.2 Å². The van der Waals surface area contributed by atoms with Gasteiger partial charge in [-0.3, -0.25) is 9.10 Å². The molecule has 1 aromatic rings. The van der Waals surface area contributed by atoms with Gasteiger partial charge in [0.15, 0.2) is 5.25 Å². The first-order chi connectivity index (χ1) is 9.93. The van der Waals surface area contributed by atoms with Gasteiger partial charge >= 0.3 is 5.97 Å². The van der Waals surface area contributed by atoms with Crippen LogP contribution in [0.5, 0.6) is 0 Å². The van der Waals surface area contributed by atoms with Crippen LogP contribution in [0.2, 0.25) is 0 Å². The van der Waals surface area contributed by atoms with Crippen LogP contribution in [0, 0.1) is 11.3 Å². The maximum absolute atomic E-state index is 12.5. The fourth-order valence-electron chi connectivity index (χ4n) is 1.89. The highest BCUT2D eigenvalue weighted by atomic mass is 32.2. The highest BCUT2D eigenvalue weighted by Crippen LogP contribution is 2.22. The first kappa shape index (κ1) is 17.0. The second-order valence-electron chi connectivity index (χ2n) is 4.48. The largest absolute Gasteiger partial charge is 0.481 e. The monoisotopic (exact) mass is 310 g/mol. The standard InChI is InChI=1S/C14H18N2O4S/c1-2-13(11-15)21(19,20)16(10-6-9-14(17)18)12-7-4-3-5-8-12/h3-5,7-8,13H,2,6,9-10H2,1H3,(H,17,18). The molecule has 0 aromatic heterocycles. The summed E-state index contributed by atoms with van der Waals surface area (Å²) >= 11 is 0. The van der Waals surface area contributed by atoms with E-state index in [1.807, 2.05) is 0 Å². The molecule has 6 nitrogen and oxygen atoms in total. The molecule has 0 saturated carbocycles. The number of rotatable bonds is 8. The minimum atomic E-state index is -3.83. The molecule has 1 atom stereocenters. The van der Waals surface area contributed by atoms with E-state index in [4.69, 9.17) is 10.4 Å². The van der Waals surface area contributed by atoms with Gasteiger partial charge in [-0.15, -0.1) is 0 Å². The van der Waals surface area contributed by atoms with Gasteiger partial charge in [-0.25, -0.2) is 8.42 Å². The maximum Gasteiger partial charge on any atom is 0.303 e. The lowest BCUT2D eigenvalue weighted by atomic mass is 10.3. The number of anilines is 1. The van der Waals surface area contributed by atoms with Crippen molar-refractivity contribution >= 4 is 21.7 Å². The Morgan fingerprint density at radius 3 is 2.48 bits per heavy atom. The van der Waals surface area contributed by atoms with Crippen molar-refractivity contribution in [3.63, 3.8) is 0 Å². The number of carbonyl (C=O) groups is 1. The molecule has 1 N–H and O–H groups in total. The summed E-state index contributed by atoms with van der Waals surface area (Å²) in [4.78, 5) is 10.6. The Morgan fingerprint density at radius 1 is 1.38 bits per heavy atom. The predicted molar refractivity (Wildman–Crippen MR) is 79.3 cm³/mol. The molecule has 0 heterocycles. The first-order valence-corrected chi connectivity index (χ1v) is 8.11. The Morgan fingerprint density at radius 2 is 2.00 bits per heavy atom. The molecule has 7 heteroatoms. The highest BCUT2D eigenvalue weighted by molar-refractivity contribution is 7.93. The Hall–Kier alpha value is -2.07. The van der Waals surface area contributed by atoms with Gasteiger partial charge in [0.1, 0.15) is 0 Å². The highest BCUT2D eigenvalue weighted by Gasteiger charge is 2.31. The molecule has 0 fully saturated rings. The van der Waals surface area contributed by atoms with Crippen molar-refractivity contribution in [2.45, 2.75) is 31.4 Å². The number of nitriles is 1. The van der Waals surface area contributed by atoms with E-state index in [2.05, 4.69) is 0 Å². The molecule has 1 unspecified atom stereocenters. The molecule has 114 valence electrons. The summed E-state index contributed by atoms with van der Waals surface area (Å²) < 4.78 is 26.2. The second kappa shape index (κ2) is 7.64. The molecule has 1 aromatic carbocycles. The van der Waals surface area contributed by atoms with E-state index in [1.54, 1.807) is 43.3 Å². The van der Waals surface area contributed by atoms with Gasteiger partial charge < -0.3 is 5.11 Å². The third kappa shape index (κ3) is 4.46. The van der Waals surface area contributed by atoms with Gasteiger partial charge in [0.25, 0.3) is 10.0 Å². The average molecular weight is 310 g/mol. The summed E-state index contributed by atoms with van der Waals surface area (Å²) in [6.07, 6.45) is 0.245. The number of nitrogens with zero attached hydrogens (tertiary/aromatic N) is 2. The Bertz CT molecular complexity index is 608. The molecule has 21 heavy (non-hydrogen) atoms. The summed E-state index contributed by atoms with van der Waals surface area (Å²) in [5, 5.41) is 16.6. The molecule has 0 bridgehead atoms. The molecule has 0 spiro atoms. The van der Waals surface area contributed by atoms with Gasteiger partial charge in [0.05, 0.1) is 11.8 Å². The van der Waals surface area contributed by atoms with Crippen molar-refractivity contribution in [1.29, 1.82) is 5.26 Å². The number of aliphatic carboxylic acids is 1.